The Morgan fingerprint density at radius 2 is 1.63 bits per heavy atom. The first kappa shape index (κ1) is 14.1. The van der Waals surface area contributed by atoms with Crippen LogP contribution in [0, 0.1) is 0 Å². The quantitative estimate of drug-likeness (QED) is 0.844. The summed E-state index contributed by atoms with van der Waals surface area (Å²) in [6.45, 7) is 9.08. The van der Waals surface area contributed by atoms with Crippen molar-refractivity contribution in [3.63, 3.8) is 0 Å². The highest BCUT2D eigenvalue weighted by Crippen LogP contribution is 2.38. The van der Waals surface area contributed by atoms with E-state index in [2.05, 4.69) is 76.5 Å². The smallest absolute Gasteiger partial charge is 0.117 e. The topological polar surface area (TPSA) is 21.1 Å². The number of fused-ring (bicyclic) bond motifs is 1. The van der Waals surface area contributed by atoms with Crippen molar-refractivity contribution in [1.82, 2.24) is 14.5 Å². The Morgan fingerprint density at radius 3 is 2.16 bits per heavy atom. The maximum atomic E-state index is 4.87. The number of aromatic nitrogens is 2. The molecule has 3 heteroatoms. The van der Waals surface area contributed by atoms with Crippen LogP contribution in [-0.4, -0.2) is 34.1 Å². The minimum absolute atomic E-state index is 0.0160. The summed E-state index contributed by atoms with van der Waals surface area (Å²) in [5.41, 5.74) is 2.23. The maximum Gasteiger partial charge on any atom is 0.117 e. The van der Waals surface area contributed by atoms with Crippen LogP contribution < -0.4 is 0 Å². The maximum absolute atomic E-state index is 4.87. The van der Waals surface area contributed by atoms with Crippen molar-refractivity contribution >= 4 is 11.0 Å². The zero-order valence-corrected chi connectivity index (χ0v) is 13.2. The Kier molecular flexibility index (Phi) is 3.21. The Bertz CT molecular complexity index is 591. The lowest BCUT2D eigenvalue weighted by Crippen LogP contribution is -2.54. The van der Waals surface area contributed by atoms with Crippen LogP contribution >= 0.6 is 0 Å². The van der Waals surface area contributed by atoms with E-state index in [0.29, 0.717) is 0 Å². The van der Waals surface area contributed by atoms with Crippen molar-refractivity contribution in [1.29, 1.82) is 0 Å². The molecular formula is C16H25N3. The molecule has 1 aromatic heterocycles. The lowest BCUT2D eigenvalue weighted by molar-refractivity contribution is 0.0993. The van der Waals surface area contributed by atoms with Gasteiger partial charge in [0.1, 0.15) is 5.82 Å². The van der Waals surface area contributed by atoms with Gasteiger partial charge in [0.15, 0.2) is 0 Å². The van der Waals surface area contributed by atoms with Gasteiger partial charge in [0.05, 0.1) is 11.0 Å². The van der Waals surface area contributed by atoms with Gasteiger partial charge in [0.2, 0.25) is 0 Å². The number of aryl methyl sites for hydroxylation is 1. The summed E-state index contributed by atoms with van der Waals surface area (Å²) in [6.07, 6.45) is 0. The average molecular weight is 259 g/mol. The largest absolute Gasteiger partial charge is 0.331 e. The molecule has 1 heterocycles. The molecule has 0 saturated heterocycles. The fraction of sp³-hybridized carbons (Fsp3) is 0.562. The van der Waals surface area contributed by atoms with Gasteiger partial charge < -0.3 is 9.47 Å². The predicted octanol–water partition coefficient (Wildman–Crippen LogP) is 3.19. The van der Waals surface area contributed by atoms with Gasteiger partial charge in [-0.25, -0.2) is 4.98 Å². The second kappa shape index (κ2) is 4.34. The zero-order valence-electron chi connectivity index (χ0n) is 13.2. The lowest BCUT2D eigenvalue weighted by atomic mass is 9.73. The molecule has 0 aliphatic carbocycles. The number of hydrogen-bond donors (Lipinski definition) is 0. The first-order chi connectivity index (χ1) is 8.69. The van der Waals surface area contributed by atoms with Crippen molar-refractivity contribution in [3.05, 3.63) is 30.1 Å². The van der Waals surface area contributed by atoms with Crippen LogP contribution in [0.3, 0.4) is 0 Å². The zero-order chi connectivity index (χ0) is 14.4. The van der Waals surface area contributed by atoms with Gasteiger partial charge >= 0.3 is 0 Å². The number of para-hydroxylation sites is 2. The highest BCUT2D eigenvalue weighted by Gasteiger charge is 2.43. The SMILES string of the molecule is CN(C)C(C)(C)C(C)(C)c1nc2ccccc2n1C. The van der Waals surface area contributed by atoms with Gasteiger partial charge in [0, 0.05) is 18.0 Å². The molecule has 0 amide bonds. The third-order valence-corrected chi connectivity index (χ3v) is 4.99. The summed E-state index contributed by atoms with van der Waals surface area (Å²) in [6, 6.07) is 8.32. The molecule has 0 spiro atoms. The fourth-order valence-electron chi connectivity index (χ4n) is 2.54. The molecule has 0 atom stereocenters. The minimum atomic E-state index is -0.0513. The molecule has 0 aliphatic heterocycles. The van der Waals surface area contributed by atoms with Crippen LogP contribution in [0.15, 0.2) is 24.3 Å². The van der Waals surface area contributed by atoms with Crippen molar-refractivity contribution in [3.8, 4) is 0 Å². The first-order valence-corrected chi connectivity index (χ1v) is 6.79. The van der Waals surface area contributed by atoms with Crippen LogP contribution in [0.1, 0.15) is 33.5 Å². The Hall–Kier alpha value is -1.35. The van der Waals surface area contributed by atoms with E-state index in [1.54, 1.807) is 0 Å². The standard InChI is InChI=1S/C16H25N3/c1-15(2,16(3,4)18(5)6)14-17-12-10-8-9-11-13(12)19(14)7/h8-11H,1-7H3. The summed E-state index contributed by atoms with van der Waals surface area (Å²) < 4.78 is 2.22. The molecule has 0 N–H and O–H groups in total. The molecular weight excluding hydrogens is 234 g/mol. The number of imidazole rings is 1. The molecule has 0 aliphatic rings. The first-order valence-electron chi connectivity index (χ1n) is 6.79. The van der Waals surface area contributed by atoms with Crippen LogP contribution in [-0.2, 0) is 12.5 Å². The second-order valence-corrected chi connectivity index (χ2v) is 6.56. The Balaban J connectivity index is 2.64. The van der Waals surface area contributed by atoms with Crippen LogP contribution in [0.4, 0.5) is 0 Å². The predicted molar refractivity (Wildman–Crippen MR) is 81.5 cm³/mol. The number of nitrogens with zero attached hydrogens (tertiary/aromatic N) is 3. The molecule has 0 fully saturated rings. The van der Waals surface area contributed by atoms with E-state index in [-0.39, 0.29) is 11.0 Å². The van der Waals surface area contributed by atoms with E-state index < -0.39 is 0 Å². The van der Waals surface area contributed by atoms with Gasteiger partial charge in [-0.1, -0.05) is 26.0 Å². The molecule has 2 rings (SSSR count). The van der Waals surface area contributed by atoms with Gasteiger partial charge in [-0.2, -0.15) is 0 Å². The number of likely N-dealkylation sites (N-methyl/N-ethyl adjacent to an activating group) is 1. The Morgan fingerprint density at radius 1 is 1.05 bits per heavy atom. The summed E-state index contributed by atoms with van der Waals surface area (Å²) in [5.74, 6) is 1.13. The monoisotopic (exact) mass is 259 g/mol. The number of benzene rings is 1. The summed E-state index contributed by atoms with van der Waals surface area (Å²) in [4.78, 5) is 7.14. The average Bonchev–Trinajstić information content (AvgIpc) is 2.67. The molecule has 0 unspecified atom stereocenters. The van der Waals surface area contributed by atoms with Crippen molar-refractivity contribution in [2.24, 2.45) is 7.05 Å². The van der Waals surface area contributed by atoms with Crippen molar-refractivity contribution in [2.75, 3.05) is 14.1 Å². The van der Waals surface area contributed by atoms with Crippen LogP contribution in [0.2, 0.25) is 0 Å². The van der Waals surface area contributed by atoms with Crippen LogP contribution in [0.25, 0.3) is 11.0 Å². The molecule has 3 nitrogen and oxygen atoms in total. The minimum Gasteiger partial charge on any atom is -0.331 e. The van der Waals surface area contributed by atoms with E-state index in [1.807, 2.05) is 6.07 Å². The Labute approximate surface area is 116 Å². The normalized spacial score (nSPS) is 13.5. The van der Waals surface area contributed by atoms with E-state index in [9.17, 15) is 0 Å². The number of rotatable bonds is 3. The summed E-state index contributed by atoms with van der Waals surface area (Å²) in [5, 5.41) is 0. The summed E-state index contributed by atoms with van der Waals surface area (Å²) in [7, 11) is 6.37. The van der Waals surface area contributed by atoms with Gasteiger partial charge in [-0.15, -0.1) is 0 Å². The molecule has 2 aromatic rings. The van der Waals surface area contributed by atoms with Gasteiger partial charge in [-0.05, 0) is 40.1 Å². The highest BCUT2D eigenvalue weighted by atomic mass is 15.2. The van der Waals surface area contributed by atoms with E-state index >= 15 is 0 Å². The number of hydrogen-bond acceptors (Lipinski definition) is 2. The van der Waals surface area contributed by atoms with E-state index in [0.717, 1.165) is 11.3 Å². The molecule has 0 bridgehead atoms. The van der Waals surface area contributed by atoms with Crippen molar-refractivity contribution in [2.45, 2.75) is 38.6 Å². The van der Waals surface area contributed by atoms with Crippen LogP contribution in [0.5, 0.6) is 0 Å². The third kappa shape index (κ3) is 1.96. The molecule has 1 aromatic carbocycles. The summed E-state index contributed by atoms with van der Waals surface area (Å²) >= 11 is 0. The van der Waals surface area contributed by atoms with E-state index in [1.165, 1.54) is 5.52 Å². The molecule has 0 radical (unpaired) electrons. The molecule has 104 valence electrons. The lowest BCUT2D eigenvalue weighted by Gasteiger charge is -2.45. The fourth-order valence-corrected chi connectivity index (χ4v) is 2.54. The third-order valence-electron chi connectivity index (χ3n) is 4.99. The van der Waals surface area contributed by atoms with Crippen molar-refractivity contribution < 1.29 is 0 Å². The van der Waals surface area contributed by atoms with Gasteiger partial charge in [-0.3, -0.25) is 0 Å². The molecule has 0 saturated carbocycles. The molecule has 19 heavy (non-hydrogen) atoms. The van der Waals surface area contributed by atoms with E-state index in [4.69, 9.17) is 4.98 Å². The second-order valence-electron chi connectivity index (χ2n) is 6.56. The van der Waals surface area contributed by atoms with Gasteiger partial charge in [0.25, 0.3) is 0 Å². The highest BCUT2D eigenvalue weighted by molar-refractivity contribution is 5.76.